The lowest BCUT2D eigenvalue weighted by Crippen LogP contribution is -2.34. The zero-order valence-corrected chi connectivity index (χ0v) is 22.7. The Labute approximate surface area is 226 Å². The number of nitrogens with one attached hydrogen (secondary N) is 1. The number of rotatable bonds is 3. The van der Waals surface area contributed by atoms with Crippen molar-refractivity contribution in [1.29, 1.82) is 0 Å². The second-order valence-corrected chi connectivity index (χ2v) is 11.7. The molecule has 4 aromatic heterocycles. The normalized spacial score (nSPS) is 30.4. The van der Waals surface area contributed by atoms with Gasteiger partial charge in [0, 0.05) is 19.0 Å². The van der Waals surface area contributed by atoms with Crippen molar-refractivity contribution in [2.75, 3.05) is 18.1 Å². The Balaban J connectivity index is 1.22. The largest absolute Gasteiger partial charge is 0.697 e. The Morgan fingerprint density at radius 2 is 2.00 bits per heavy atom. The second-order valence-electron chi connectivity index (χ2n) is 9.33. The van der Waals surface area contributed by atoms with Crippen LogP contribution in [0.15, 0.2) is 23.8 Å². The summed E-state index contributed by atoms with van der Waals surface area (Å²) in [6.45, 7) is 1.60. The van der Waals surface area contributed by atoms with E-state index in [2.05, 4.69) is 29.9 Å². The molecule has 2 aliphatic heterocycles. The van der Waals surface area contributed by atoms with Crippen LogP contribution in [0.2, 0.25) is 0 Å². The maximum Gasteiger partial charge on any atom is 0.697 e. The van der Waals surface area contributed by atoms with Crippen molar-refractivity contribution in [3.8, 4) is 0 Å². The molecule has 40 heavy (non-hydrogen) atoms. The van der Waals surface area contributed by atoms with E-state index in [1.807, 2.05) is 6.92 Å². The maximum absolute atomic E-state index is 12.8. The number of anilines is 2. The number of aliphatic hydroxyl groups excluding tert-OH is 2. The number of fused-ring (bicyclic) bond motifs is 3. The Morgan fingerprint density at radius 3 is 2.83 bits per heavy atom. The van der Waals surface area contributed by atoms with Gasteiger partial charge in [0.1, 0.15) is 36.8 Å². The number of imidazole rings is 2. The molecule has 0 spiro atoms. The van der Waals surface area contributed by atoms with Crippen LogP contribution in [0.3, 0.4) is 0 Å². The van der Waals surface area contributed by atoms with Crippen molar-refractivity contribution < 1.29 is 33.1 Å². The molecule has 18 nitrogen and oxygen atoms in total. The van der Waals surface area contributed by atoms with E-state index in [-0.39, 0.29) is 50.4 Å². The highest BCUT2D eigenvalue weighted by molar-refractivity contribution is 7.33. The predicted molar refractivity (Wildman–Crippen MR) is 139 cm³/mol. The highest BCUT2D eigenvalue weighted by Crippen LogP contribution is 2.42. The topological polar surface area (TPSA) is 254 Å². The molecule has 6 heterocycles. The first kappa shape index (κ1) is 27.0. The fourth-order valence-electron chi connectivity index (χ4n) is 4.69. The standard InChI is InChI=1S/C20H24N10O8P2/c1-7-2-8(18(33)29-5-26-11-16(29)27-20(22)28-17(11)32)38-40(34)35-3-9-13(37-39-7)12(31)19(36-9)30-6-25-10-14(21)23-4-24-15(10)30/h4-9,12-13,18-19,31,33,39H,2-3H2,1H3,(H4-,21,22,23,24,27,28,32)/p+1/t7?,8-,9?,12?,13?,18?,19?/m0/s1. The van der Waals surface area contributed by atoms with E-state index in [1.165, 1.54) is 28.1 Å². The minimum Gasteiger partial charge on any atom is -0.386 e. The molecule has 2 fully saturated rings. The first-order valence-corrected chi connectivity index (χ1v) is 14.1. The SMILES string of the molecule is CC1C[C@@H](C(O)n2cnc3c(=O)[nH]c(N)nc32)O[P+](=O)OCC2OC(n3cnc4c(N)ncnc43)C(O)C2OP1. The fourth-order valence-corrected chi connectivity index (χ4v) is 6.44. The molecular formula is C20H25N10O8P2+. The van der Waals surface area contributed by atoms with Gasteiger partial charge in [-0.05, 0) is 6.42 Å². The molecule has 0 radical (unpaired) electrons. The predicted octanol–water partition coefficient (Wildman–Crippen LogP) is -0.297. The number of H-pyrrole nitrogens is 1. The van der Waals surface area contributed by atoms with Crippen LogP contribution in [0, 0.1) is 0 Å². The average Bonchev–Trinajstić information content (AvgIpc) is 3.61. The number of nitrogens with zero attached hydrogens (tertiary/aromatic N) is 7. The molecule has 20 heteroatoms. The second kappa shape index (κ2) is 10.6. The van der Waals surface area contributed by atoms with E-state index < -0.39 is 50.7 Å². The van der Waals surface area contributed by atoms with Gasteiger partial charge in [0.15, 0.2) is 41.2 Å². The van der Waals surface area contributed by atoms with Crippen molar-refractivity contribution in [2.45, 2.75) is 55.9 Å². The molecule has 0 amide bonds. The Kier molecular flexibility index (Phi) is 7.18. The number of nitrogens with two attached hydrogens (primary N) is 2. The number of ether oxygens (including phenoxy) is 1. The maximum atomic E-state index is 12.8. The van der Waals surface area contributed by atoms with Crippen LogP contribution in [-0.2, 0) is 22.9 Å². The van der Waals surface area contributed by atoms with Gasteiger partial charge in [-0.25, -0.2) is 19.9 Å². The van der Waals surface area contributed by atoms with E-state index in [1.54, 1.807) is 0 Å². The van der Waals surface area contributed by atoms with Gasteiger partial charge in [-0.15, -0.1) is 9.05 Å². The molecule has 0 bridgehead atoms. The van der Waals surface area contributed by atoms with Crippen LogP contribution in [0.5, 0.6) is 0 Å². The molecule has 6 rings (SSSR count). The molecule has 9 atom stereocenters. The smallest absolute Gasteiger partial charge is 0.386 e. The van der Waals surface area contributed by atoms with Gasteiger partial charge < -0.3 is 30.9 Å². The zero-order chi connectivity index (χ0) is 28.1. The zero-order valence-electron chi connectivity index (χ0n) is 20.8. The van der Waals surface area contributed by atoms with Crippen molar-refractivity contribution in [3.05, 3.63) is 29.3 Å². The van der Waals surface area contributed by atoms with Crippen LogP contribution >= 0.6 is 17.1 Å². The number of hydrogen-bond acceptors (Lipinski definition) is 15. The third-order valence-corrected chi connectivity index (χ3v) is 8.44. The molecular weight excluding hydrogens is 570 g/mol. The van der Waals surface area contributed by atoms with Gasteiger partial charge >= 0.3 is 8.25 Å². The summed E-state index contributed by atoms with van der Waals surface area (Å²) in [7, 11) is -2.92. The van der Waals surface area contributed by atoms with Gasteiger partial charge in [-0.1, -0.05) is 6.92 Å². The Morgan fingerprint density at radius 1 is 1.20 bits per heavy atom. The van der Waals surface area contributed by atoms with Crippen LogP contribution in [0.25, 0.3) is 22.3 Å². The van der Waals surface area contributed by atoms with Gasteiger partial charge in [-0.3, -0.25) is 18.9 Å². The van der Waals surface area contributed by atoms with Gasteiger partial charge in [0.05, 0.1) is 12.7 Å². The van der Waals surface area contributed by atoms with Crippen molar-refractivity contribution in [1.82, 2.24) is 39.0 Å². The number of hydrogen-bond donors (Lipinski definition) is 5. The quantitative estimate of drug-likeness (QED) is 0.191. The van der Waals surface area contributed by atoms with Crippen molar-refractivity contribution in [3.63, 3.8) is 0 Å². The third-order valence-electron chi connectivity index (χ3n) is 6.60. The monoisotopic (exact) mass is 595 g/mol. The summed E-state index contributed by atoms with van der Waals surface area (Å²) in [5, 5.41) is 22.3. The van der Waals surface area contributed by atoms with Crippen molar-refractivity contribution >= 4 is 51.2 Å². The highest BCUT2D eigenvalue weighted by Gasteiger charge is 2.49. The molecule has 0 aromatic carbocycles. The lowest BCUT2D eigenvalue weighted by atomic mass is 10.1. The van der Waals surface area contributed by atoms with E-state index in [4.69, 9.17) is 29.8 Å². The molecule has 7 N–H and O–H groups in total. The lowest BCUT2D eigenvalue weighted by molar-refractivity contribution is -0.0512. The summed E-state index contributed by atoms with van der Waals surface area (Å²) in [6, 6.07) is 0. The van der Waals surface area contributed by atoms with Gasteiger partial charge in [0.2, 0.25) is 5.95 Å². The lowest BCUT2D eigenvalue weighted by Gasteiger charge is -2.24. The minimum atomic E-state index is -2.76. The fraction of sp³-hybridized carbons (Fsp3) is 0.500. The van der Waals surface area contributed by atoms with Crippen LogP contribution in [0.1, 0.15) is 25.8 Å². The van der Waals surface area contributed by atoms with Gasteiger partial charge in [0.25, 0.3) is 5.56 Å². The van der Waals surface area contributed by atoms with E-state index in [0.29, 0.717) is 11.2 Å². The first-order valence-electron chi connectivity index (χ1n) is 12.1. The molecule has 2 saturated heterocycles. The number of nitrogen functional groups attached to an aromatic ring is 2. The van der Waals surface area contributed by atoms with Crippen LogP contribution in [0.4, 0.5) is 11.8 Å². The first-order chi connectivity index (χ1) is 19.2. The molecule has 0 aliphatic carbocycles. The molecule has 0 saturated carbocycles. The summed E-state index contributed by atoms with van der Waals surface area (Å²) in [4.78, 5) is 34.9. The highest BCUT2D eigenvalue weighted by atomic mass is 31.1. The summed E-state index contributed by atoms with van der Waals surface area (Å²) >= 11 is 0. The van der Waals surface area contributed by atoms with Gasteiger partial charge in [-0.2, -0.15) is 4.98 Å². The summed E-state index contributed by atoms with van der Waals surface area (Å²) < 4.78 is 38.8. The molecule has 8 unspecified atom stereocenters. The number of aliphatic hydroxyl groups is 2. The summed E-state index contributed by atoms with van der Waals surface area (Å²) in [6.07, 6.45) is -2.16. The minimum absolute atomic E-state index is 0.0304. The van der Waals surface area contributed by atoms with Crippen LogP contribution < -0.4 is 17.0 Å². The van der Waals surface area contributed by atoms with E-state index in [9.17, 15) is 19.6 Å². The molecule has 4 aromatic rings. The molecule has 212 valence electrons. The number of aromatic nitrogens is 8. The van der Waals surface area contributed by atoms with E-state index >= 15 is 0 Å². The van der Waals surface area contributed by atoms with Crippen molar-refractivity contribution in [2.24, 2.45) is 0 Å². The van der Waals surface area contributed by atoms with E-state index in [0.717, 1.165) is 0 Å². The average molecular weight is 595 g/mol. The Bertz CT molecular complexity index is 1630. The number of aromatic amines is 1. The summed E-state index contributed by atoms with van der Waals surface area (Å²) in [5.74, 6) is 0.0254. The summed E-state index contributed by atoms with van der Waals surface area (Å²) in [5.41, 5.74) is 11.5. The van der Waals surface area contributed by atoms with Crippen LogP contribution in [-0.4, -0.2) is 85.9 Å². The third kappa shape index (κ3) is 4.82. The molecule has 2 aliphatic rings. The Hall–Kier alpha value is -3.21.